The van der Waals surface area contributed by atoms with Crippen molar-refractivity contribution in [2.45, 2.75) is 18.9 Å². The minimum Gasteiger partial charge on any atom is -0.486 e. The average Bonchev–Trinajstić information content (AvgIpc) is 3.36. The van der Waals surface area contributed by atoms with Crippen molar-refractivity contribution in [1.29, 1.82) is 0 Å². The molecule has 0 fully saturated rings. The van der Waals surface area contributed by atoms with E-state index in [0.717, 1.165) is 40.2 Å². The predicted octanol–water partition coefficient (Wildman–Crippen LogP) is 5.37. The molecule has 1 aliphatic carbocycles. The van der Waals surface area contributed by atoms with Crippen LogP contribution in [0.3, 0.4) is 0 Å². The number of hydrogen-bond acceptors (Lipinski definition) is 4. The highest BCUT2D eigenvalue weighted by atomic mass is 32.1. The lowest BCUT2D eigenvalue weighted by molar-refractivity contribution is 0.207. The molecule has 4 nitrogen and oxygen atoms in total. The molecule has 0 saturated heterocycles. The number of pyridine rings is 1. The average molecular weight is 404 g/mol. The van der Waals surface area contributed by atoms with Gasteiger partial charge in [-0.25, -0.2) is 4.98 Å². The molecule has 29 heavy (non-hydrogen) atoms. The molecule has 144 valence electrons. The van der Waals surface area contributed by atoms with Gasteiger partial charge in [0.2, 0.25) is 5.95 Å². The topological polar surface area (TPSA) is 55.0 Å². The van der Waals surface area contributed by atoms with Crippen molar-refractivity contribution in [3.8, 4) is 27.3 Å². The quantitative estimate of drug-likeness (QED) is 0.465. The van der Waals surface area contributed by atoms with Gasteiger partial charge in [0.15, 0.2) is 0 Å². The minimum absolute atomic E-state index is 0.0208. The Bertz CT molecular complexity index is 1210. The van der Waals surface area contributed by atoms with E-state index in [1.165, 1.54) is 28.7 Å². The second-order valence-electron chi connectivity index (χ2n) is 6.99. The number of fused-ring (bicyclic) bond motifs is 1. The van der Waals surface area contributed by atoms with Gasteiger partial charge < -0.3 is 4.74 Å². The van der Waals surface area contributed by atoms with E-state index in [1.54, 1.807) is 18.3 Å². The maximum absolute atomic E-state index is 13.2. The molecule has 4 aromatic rings. The molecule has 0 amide bonds. The summed E-state index contributed by atoms with van der Waals surface area (Å²) in [5.41, 5.74) is 5.30. The van der Waals surface area contributed by atoms with Crippen molar-refractivity contribution >= 4 is 11.5 Å². The van der Waals surface area contributed by atoms with Crippen molar-refractivity contribution in [2.75, 3.05) is 0 Å². The Hall–Kier alpha value is -3.25. The van der Waals surface area contributed by atoms with Gasteiger partial charge in [-0.15, -0.1) is 0 Å². The van der Waals surface area contributed by atoms with Crippen molar-refractivity contribution < 1.29 is 9.13 Å². The van der Waals surface area contributed by atoms with E-state index in [-0.39, 0.29) is 11.7 Å². The summed E-state index contributed by atoms with van der Waals surface area (Å²) in [7, 11) is 0. The fourth-order valence-electron chi connectivity index (χ4n) is 3.83. The molecular weight excluding hydrogens is 387 g/mol. The highest BCUT2D eigenvalue weighted by Gasteiger charge is 2.26. The van der Waals surface area contributed by atoms with Crippen LogP contribution in [-0.4, -0.2) is 9.36 Å². The Balaban J connectivity index is 1.39. The molecule has 1 N–H and O–H groups in total. The number of rotatable bonds is 4. The predicted molar refractivity (Wildman–Crippen MR) is 112 cm³/mol. The number of ether oxygens (including phenoxy) is 1. The number of aromatic nitrogens is 2. The third-order valence-electron chi connectivity index (χ3n) is 5.19. The van der Waals surface area contributed by atoms with Gasteiger partial charge in [-0.05, 0) is 71.5 Å². The van der Waals surface area contributed by atoms with E-state index in [1.807, 2.05) is 36.4 Å². The lowest BCUT2D eigenvalue weighted by Crippen LogP contribution is -2.03. The smallest absolute Gasteiger partial charge is 0.258 e. The lowest BCUT2D eigenvalue weighted by Gasteiger charge is -2.16. The van der Waals surface area contributed by atoms with E-state index < -0.39 is 5.95 Å². The second kappa shape index (κ2) is 7.29. The monoisotopic (exact) mass is 404 g/mol. The van der Waals surface area contributed by atoms with E-state index in [9.17, 15) is 9.18 Å². The summed E-state index contributed by atoms with van der Waals surface area (Å²) in [5, 5.41) is 0. The number of benzene rings is 2. The number of hydrogen-bond donors (Lipinski definition) is 1. The molecule has 0 aliphatic heterocycles. The van der Waals surface area contributed by atoms with Crippen molar-refractivity contribution in [3.05, 3.63) is 94.3 Å². The fourth-order valence-corrected chi connectivity index (χ4v) is 4.52. The zero-order valence-corrected chi connectivity index (χ0v) is 16.2. The Labute approximate surface area is 170 Å². The van der Waals surface area contributed by atoms with Gasteiger partial charge in [-0.3, -0.25) is 9.17 Å². The number of halogens is 1. The third-order valence-corrected chi connectivity index (χ3v) is 6.07. The van der Waals surface area contributed by atoms with Gasteiger partial charge in [0.25, 0.3) is 5.56 Å². The summed E-state index contributed by atoms with van der Waals surface area (Å²) in [6.45, 7) is 0. The first-order chi connectivity index (χ1) is 14.2. The number of H-pyrrole nitrogens is 1. The fraction of sp³-hybridized carbons (Fsp3) is 0.130. The molecule has 1 aliphatic rings. The van der Waals surface area contributed by atoms with Crippen molar-refractivity contribution in [3.63, 3.8) is 0 Å². The molecule has 5 rings (SSSR count). The molecule has 0 saturated carbocycles. The zero-order chi connectivity index (χ0) is 19.8. The molecule has 0 radical (unpaired) electrons. The lowest BCUT2D eigenvalue weighted by atomic mass is 9.98. The van der Waals surface area contributed by atoms with Gasteiger partial charge >= 0.3 is 0 Å². The van der Waals surface area contributed by atoms with Crippen LogP contribution < -0.4 is 10.3 Å². The second-order valence-corrected chi connectivity index (χ2v) is 7.84. The van der Waals surface area contributed by atoms with E-state index in [2.05, 4.69) is 15.4 Å². The molecule has 2 aromatic carbocycles. The van der Waals surface area contributed by atoms with E-state index in [0.29, 0.717) is 0 Å². The Morgan fingerprint density at radius 1 is 1.07 bits per heavy atom. The summed E-state index contributed by atoms with van der Waals surface area (Å²) < 4.78 is 22.1. The van der Waals surface area contributed by atoms with Crippen molar-refractivity contribution in [2.24, 2.45) is 0 Å². The highest BCUT2D eigenvalue weighted by Crippen LogP contribution is 2.40. The summed E-state index contributed by atoms with van der Waals surface area (Å²) in [5.74, 6) is 0.321. The maximum atomic E-state index is 13.2. The van der Waals surface area contributed by atoms with Crippen LogP contribution in [0.1, 0.15) is 23.7 Å². The Morgan fingerprint density at radius 3 is 2.62 bits per heavy atom. The van der Waals surface area contributed by atoms with Crippen LogP contribution >= 0.6 is 11.5 Å². The number of nitrogens with zero attached hydrogens (tertiary/aromatic N) is 1. The maximum Gasteiger partial charge on any atom is 0.258 e. The van der Waals surface area contributed by atoms with Crippen molar-refractivity contribution in [1.82, 2.24) is 9.36 Å². The summed E-state index contributed by atoms with van der Waals surface area (Å²) in [4.78, 5) is 16.0. The largest absolute Gasteiger partial charge is 0.486 e. The summed E-state index contributed by atoms with van der Waals surface area (Å²) in [6, 6.07) is 18.7. The highest BCUT2D eigenvalue weighted by molar-refractivity contribution is 7.09. The van der Waals surface area contributed by atoms with Crippen LogP contribution in [-0.2, 0) is 6.42 Å². The molecular formula is C23H17FN2O2S. The van der Waals surface area contributed by atoms with Gasteiger partial charge in [-0.2, -0.15) is 4.39 Å². The zero-order valence-electron chi connectivity index (χ0n) is 15.4. The summed E-state index contributed by atoms with van der Waals surface area (Å²) >= 11 is 1.33. The molecule has 0 unspecified atom stereocenters. The standard InChI is InChI=1S/C23H17FN2O2S/c24-22-11-6-15(13-25-22)17-2-1-3-19-18(17)9-10-20(19)28-16-7-4-14(5-8-16)21-12-23(27)26-29-21/h1-8,11-13,20H,9-10H2,(H,26,27)/t20-/m1/s1. The normalized spacial score (nSPS) is 15.3. The molecule has 0 bridgehead atoms. The van der Waals surface area contributed by atoms with E-state index >= 15 is 0 Å². The number of aromatic amines is 1. The Morgan fingerprint density at radius 2 is 1.90 bits per heavy atom. The molecule has 1 atom stereocenters. The van der Waals surface area contributed by atoms with Crippen LogP contribution in [0.5, 0.6) is 5.75 Å². The van der Waals surface area contributed by atoms with Crippen LogP contribution in [0.4, 0.5) is 4.39 Å². The van der Waals surface area contributed by atoms with Gasteiger partial charge in [0.05, 0.1) is 4.88 Å². The Kier molecular flexibility index (Phi) is 4.48. The van der Waals surface area contributed by atoms with Crippen LogP contribution in [0, 0.1) is 5.95 Å². The SMILES string of the molecule is O=c1cc(-c2ccc(O[C@@H]3CCc4c(-c5ccc(F)nc5)cccc43)cc2)s[nH]1. The molecule has 2 heterocycles. The van der Waals surface area contributed by atoms with Gasteiger partial charge in [0.1, 0.15) is 11.9 Å². The van der Waals surface area contributed by atoms with Crippen LogP contribution in [0.15, 0.2) is 71.7 Å². The third kappa shape index (κ3) is 3.47. The van der Waals surface area contributed by atoms with Crippen LogP contribution in [0.25, 0.3) is 21.6 Å². The van der Waals surface area contributed by atoms with Gasteiger partial charge in [0, 0.05) is 17.8 Å². The van der Waals surface area contributed by atoms with Gasteiger partial charge in [-0.1, -0.05) is 29.7 Å². The first-order valence-electron chi connectivity index (χ1n) is 9.37. The minimum atomic E-state index is -0.474. The first kappa shape index (κ1) is 17.8. The van der Waals surface area contributed by atoms with Crippen LogP contribution in [0.2, 0.25) is 0 Å². The summed E-state index contributed by atoms with van der Waals surface area (Å²) in [6.07, 6.45) is 3.35. The van der Waals surface area contributed by atoms with E-state index in [4.69, 9.17) is 4.74 Å². The molecule has 6 heteroatoms. The molecule has 2 aromatic heterocycles. The molecule has 0 spiro atoms. The number of nitrogens with one attached hydrogen (secondary N) is 1. The first-order valence-corrected chi connectivity index (χ1v) is 10.2.